The van der Waals surface area contributed by atoms with Crippen LogP contribution >= 0.6 is 0 Å². The normalized spacial score (nSPS) is 16.8. The highest BCUT2D eigenvalue weighted by Gasteiger charge is 2.53. The third-order valence-corrected chi connectivity index (χ3v) is 9.09. The number of benzene rings is 1. The maximum absolute atomic E-state index is 13.2. The van der Waals surface area contributed by atoms with E-state index in [1.807, 2.05) is 32.0 Å². The predicted octanol–water partition coefficient (Wildman–Crippen LogP) is 4.98. The molecule has 41 heavy (non-hydrogen) atoms. The predicted molar refractivity (Wildman–Crippen MR) is 156 cm³/mol. The topological polar surface area (TPSA) is 143 Å². The van der Waals surface area contributed by atoms with Crippen molar-refractivity contribution >= 4 is 21.9 Å². The van der Waals surface area contributed by atoms with Crippen molar-refractivity contribution in [3.05, 3.63) is 59.3 Å². The minimum absolute atomic E-state index is 0.123. The van der Waals surface area contributed by atoms with Crippen LogP contribution in [0, 0.1) is 25.2 Å². The van der Waals surface area contributed by atoms with Gasteiger partial charge in [0, 0.05) is 23.7 Å². The Labute approximate surface area is 241 Å². The van der Waals surface area contributed by atoms with E-state index >= 15 is 0 Å². The second-order valence-corrected chi connectivity index (χ2v) is 13.5. The van der Waals surface area contributed by atoms with E-state index in [1.165, 1.54) is 43.9 Å². The first-order valence-corrected chi connectivity index (χ1v) is 15.5. The van der Waals surface area contributed by atoms with Crippen molar-refractivity contribution in [3.63, 3.8) is 0 Å². The summed E-state index contributed by atoms with van der Waals surface area (Å²) in [5.41, 5.74) is 3.52. The van der Waals surface area contributed by atoms with Crippen LogP contribution < -0.4 is 14.8 Å². The molecule has 218 valence electrons. The van der Waals surface area contributed by atoms with E-state index in [9.17, 15) is 18.3 Å². The molecule has 5 rings (SSSR count). The molecule has 2 heterocycles. The average molecular weight is 580 g/mol. The van der Waals surface area contributed by atoms with Gasteiger partial charge in [-0.1, -0.05) is 38.1 Å². The minimum Gasteiger partial charge on any atom is -0.477 e. The van der Waals surface area contributed by atoms with Gasteiger partial charge < -0.3 is 15.2 Å². The van der Waals surface area contributed by atoms with E-state index in [2.05, 4.69) is 38.8 Å². The Bertz CT molecular complexity index is 1530. The Balaban J connectivity index is 1.42. The van der Waals surface area contributed by atoms with E-state index < -0.39 is 21.0 Å². The number of carboxylic acids is 1. The molecule has 2 aliphatic rings. The van der Waals surface area contributed by atoms with Gasteiger partial charge in [0.2, 0.25) is 11.8 Å². The summed E-state index contributed by atoms with van der Waals surface area (Å²) in [6.07, 6.45) is 6.05. The van der Waals surface area contributed by atoms with Gasteiger partial charge in [-0.25, -0.2) is 19.5 Å². The van der Waals surface area contributed by atoms with Gasteiger partial charge in [0.15, 0.2) is 5.03 Å². The fraction of sp³-hybridized carbons (Fsp3) is 0.467. The van der Waals surface area contributed by atoms with Gasteiger partial charge in [0.1, 0.15) is 12.3 Å². The molecule has 1 unspecified atom stereocenters. The second kappa shape index (κ2) is 11.4. The van der Waals surface area contributed by atoms with Crippen molar-refractivity contribution in [1.29, 1.82) is 0 Å². The van der Waals surface area contributed by atoms with Crippen LogP contribution in [0.2, 0.25) is 0 Å². The van der Waals surface area contributed by atoms with E-state index in [0.717, 1.165) is 23.1 Å². The molecule has 2 fully saturated rings. The lowest BCUT2D eigenvalue weighted by Gasteiger charge is -2.39. The highest BCUT2D eigenvalue weighted by molar-refractivity contribution is 7.92. The van der Waals surface area contributed by atoms with Crippen LogP contribution in [0.4, 0.5) is 5.95 Å². The highest BCUT2D eigenvalue weighted by atomic mass is 32.2. The Morgan fingerprint density at radius 1 is 1.07 bits per heavy atom. The third kappa shape index (κ3) is 6.84. The molecule has 3 aromatic rings. The largest absolute Gasteiger partial charge is 0.477 e. The zero-order chi connectivity index (χ0) is 29.4. The molecule has 11 heteroatoms. The van der Waals surface area contributed by atoms with Crippen LogP contribution in [0.3, 0.4) is 0 Å². The van der Waals surface area contributed by atoms with Crippen molar-refractivity contribution in [3.8, 4) is 17.1 Å². The average Bonchev–Trinajstić information content (AvgIpc) is 3.67. The van der Waals surface area contributed by atoms with Crippen LogP contribution in [-0.4, -0.2) is 53.1 Å². The first-order chi connectivity index (χ1) is 19.4. The maximum atomic E-state index is 13.2. The number of nitrogens with one attached hydrogen (secondary N) is 2. The number of sulfonamides is 1. The third-order valence-electron chi connectivity index (χ3n) is 7.86. The highest BCUT2D eigenvalue weighted by Crippen LogP contribution is 2.60. The van der Waals surface area contributed by atoms with Gasteiger partial charge in [-0.15, -0.1) is 0 Å². The number of pyridine rings is 1. The Morgan fingerprint density at radius 2 is 1.76 bits per heavy atom. The summed E-state index contributed by atoms with van der Waals surface area (Å²) < 4.78 is 34.9. The number of hydrogen-bond donors (Lipinski definition) is 3. The van der Waals surface area contributed by atoms with E-state index in [-0.39, 0.29) is 23.6 Å². The number of carboxylic acid groups (broad SMARTS) is 1. The summed E-state index contributed by atoms with van der Waals surface area (Å²) in [5.74, 6) is -0.806. The molecule has 2 aromatic heterocycles. The molecule has 0 amide bonds. The molecule has 10 nitrogen and oxygen atoms in total. The lowest BCUT2D eigenvalue weighted by Crippen LogP contribution is -2.49. The molecule has 2 aliphatic carbocycles. The molecule has 1 aromatic carbocycles. The zero-order valence-electron chi connectivity index (χ0n) is 23.8. The number of ether oxygens (including phenoxy) is 1. The van der Waals surface area contributed by atoms with Gasteiger partial charge in [-0.2, -0.15) is 13.4 Å². The molecule has 0 saturated heterocycles. The van der Waals surface area contributed by atoms with E-state index in [1.54, 1.807) is 6.07 Å². The van der Waals surface area contributed by atoms with Crippen LogP contribution in [-0.2, 0) is 10.0 Å². The van der Waals surface area contributed by atoms with Crippen LogP contribution in [0.25, 0.3) is 11.3 Å². The Kier molecular flexibility index (Phi) is 8.02. The van der Waals surface area contributed by atoms with Crippen LogP contribution in [0.1, 0.15) is 67.6 Å². The molecule has 1 spiro atoms. The first kappa shape index (κ1) is 28.9. The SMILES string of the molecule is Cc1cccc(C)c1-c1cc(OCC(CC(C)C)NC2CC3(CC3)C2)nc(NS(=O)(=O)c2cccc(C(=O)O)n2)n1. The van der Waals surface area contributed by atoms with E-state index in [4.69, 9.17) is 4.74 Å². The number of aromatic nitrogens is 3. The van der Waals surface area contributed by atoms with Gasteiger partial charge in [-0.05, 0) is 80.5 Å². The fourth-order valence-electron chi connectivity index (χ4n) is 5.71. The summed E-state index contributed by atoms with van der Waals surface area (Å²) in [4.78, 5) is 24.0. The molecule has 3 N–H and O–H groups in total. The molecule has 0 bridgehead atoms. The number of carbonyl (C=O) groups is 1. The van der Waals surface area contributed by atoms with Crippen molar-refractivity contribution in [1.82, 2.24) is 20.3 Å². The summed E-state index contributed by atoms with van der Waals surface area (Å²) in [5, 5.41) is 12.6. The standard InChI is InChI=1S/C30H37N5O5S/c1-18(2)13-21(31-22-15-30(16-22)11-12-30)17-40-25-14-24(27-19(3)7-5-8-20(27)4)33-29(34-25)35-41(38,39)26-10-6-9-23(32-26)28(36)37/h5-10,14,18,21-22,31H,11-13,15-17H2,1-4H3,(H,36,37)(H,33,34,35). The van der Waals surface area contributed by atoms with Gasteiger partial charge >= 0.3 is 5.97 Å². The molecule has 1 atom stereocenters. The van der Waals surface area contributed by atoms with E-state index in [0.29, 0.717) is 29.7 Å². The second-order valence-electron chi connectivity index (χ2n) is 11.9. The Morgan fingerprint density at radius 3 is 2.39 bits per heavy atom. The van der Waals surface area contributed by atoms with Crippen molar-refractivity contribution in [2.24, 2.45) is 11.3 Å². The first-order valence-electron chi connectivity index (χ1n) is 14.0. The molecular formula is C30H37N5O5S. The number of aromatic carboxylic acids is 1. The number of hydrogen-bond acceptors (Lipinski definition) is 8. The lowest BCUT2D eigenvalue weighted by atomic mass is 9.76. The summed E-state index contributed by atoms with van der Waals surface area (Å²) >= 11 is 0. The molecular weight excluding hydrogens is 542 g/mol. The monoisotopic (exact) mass is 579 g/mol. The van der Waals surface area contributed by atoms with Crippen molar-refractivity contribution in [2.75, 3.05) is 11.3 Å². The molecule has 0 radical (unpaired) electrons. The van der Waals surface area contributed by atoms with Crippen molar-refractivity contribution in [2.45, 2.75) is 76.9 Å². The molecule has 2 saturated carbocycles. The summed E-state index contributed by atoms with van der Waals surface area (Å²) in [6, 6.07) is 12.0. The van der Waals surface area contributed by atoms with Gasteiger partial charge in [0.05, 0.1) is 5.69 Å². The van der Waals surface area contributed by atoms with Crippen LogP contribution in [0.15, 0.2) is 47.5 Å². The quantitative estimate of drug-likeness (QED) is 0.271. The number of anilines is 1. The van der Waals surface area contributed by atoms with Crippen molar-refractivity contribution < 1.29 is 23.1 Å². The number of aryl methyl sites for hydroxylation is 2. The summed E-state index contributed by atoms with van der Waals surface area (Å²) in [6.45, 7) is 8.66. The number of nitrogens with zero attached hydrogens (tertiary/aromatic N) is 3. The number of rotatable bonds is 12. The maximum Gasteiger partial charge on any atom is 0.354 e. The fourth-order valence-corrected chi connectivity index (χ4v) is 6.62. The summed E-state index contributed by atoms with van der Waals surface area (Å²) in [7, 11) is -4.29. The lowest BCUT2D eigenvalue weighted by molar-refractivity contribution is 0.0689. The van der Waals surface area contributed by atoms with Gasteiger partial charge in [-0.3, -0.25) is 0 Å². The Hall–Kier alpha value is -3.57. The van der Waals surface area contributed by atoms with Crippen LogP contribution in [0.5, 0.6) is 5.88 Å². The smallest absolute Gasteiger partial charge is 0.354 e. The van der Waals surface area contributed by atoms with Gasteiger partial charge in [0.25, 0.3) is 10.0 Å². The zero-order valence-corrected chi connectivity index (χ0v) is 24.7. The molecule has 0 aliphatic heterocycles. The minimum atomic E-state index is -4.29.